The molecule has 2 fully saturated rings. The minimum absolute atomic E-state index is 0.238. The molecule has 2 aliphatic carbocycles. The quantitative estimate of drug-likeness (QED) is 0.785. The standard InChI is InChI=1S/C12H20BrNO/c1-8(9-5-6-9)12(15)14-11-4-2-3-10(11)7-13/h8-11H,2-7H2,1H3,(H,14,15). The van der Waals surface area contributed by atoms with Gasteiger partial charge in [-0.25, -0.2) is 0 Å². The van der Waals surface area contributed by atoms with E-state index in [1.165, 1.54) is 32.1 Å². The van der Waals surface area contributed by atoms with Crippen molar-refractivity contribution in [2.45, 2.75) is 45.1 Å². The summed E-state index contributed by atoms with van der Waals surface area (Å²) in [6.45, 7) is 2.07. The van der Waals surface area contributed by atoms with E-state index in [9.17, 15) is 4.79 Å². The SMILES string of the molecule is CC(C(=O)NC1CCCC1CBr)C1CC1. The van der Waals surface area contributed by atoms with Gasteiger partial charge in [0.15, 0.2) is 0 Å². The van der Waals surface area contributed by atoms with Gasteiger partial charge in [0.05, 0.1) is 0 Å². The Hall–Kier alpha value is -0.0500. The van der Waals surface area contributed by atoms with Gasteiger partial charge in [-0.2, -0.15) is 0 Å². The number of halogens is 1. The van der Waals surface area contributed by atoms with Gasteiger partial charge in [0.25, 0.3) is 0 Å². The third-order valence-corrected chi connectivity index (χ3v) is 4.76. The van der Waals surface area contributed by atoms with Crippen LogP contribution in [-0.2, 0) is 4.79 Å². The van der Waals surface area contributed by atoms with Gasteiger partial charge >= 0.3 is 0 Å². The summed E-state index contributed by atoms with van der Waals surface area (Å²) in [5.41, 5.74) is 0. The number of rotatable bonds is 4. The Labute approximate surface area is 100 Å². The van der Waals surface area contributed by atoms with E-state index in [2.05, 4.69) is 28.2 Å². The van der Waals surface area contributed by atoms with Crippen LogP contribution < -0.4 is 5.32 Å². The average Bonchev–Trinajstić information content (AvgIpc) is 2.99. The van der Waals surface area contributed by atoms with E-state index in [-0.39, 0.29) is 11.8 Å². The molecule has 3 unspecified atom stereocenters. The largest absolute Gasteiger partial charge is 0.353 e. The molecule has 2 rings (SSSR count). The molecule has 1 N–H and O–H groups in total. The molecule has 0 spiro atoms. The summed E-state index contributed by atoms with van der Waals surface area (Å²) in [6.07, 6.45) is 6.19. The van der Waals surface area contributed by atoms with Gasteiger partial charge in [-0.3, -0.25) is 4.79 Å². The Kier molecular flexibility index (Phi) is 3.70. The molecule has 86 valence electrons. The number of carbonyl (C=O) groups excluding carboxylic acids is 1. The number of amides is 1. The van der Waals surface area contributed by atoms with E-state index in [1.54, 1.807) is 0 Å². The molecule has 0 bridgehead atoms. The highest BCUT2D eigenvalue weighted by atomic mass is 79.9. The summed E-state index contributed by atoms with van der Waals surface area (Å²) < 4.78 is 0. The molecule has 0 aromatic rings. The lowest BCUT2D eigenvalue weighted by atomic mass is 10.0. The first-order chi connectivity index (χ1) is 7.22. The van der Waals surface area contributed by atoms with Crippen molar-refractivity contribution in [2.75, 3.05) is 5.33 Å². The van der Waals surface area contributed by atoms with Gasteiger partial charge in [-0.15, -0.1) is 0 Å². The summed E-state index contributed by atoms with van der Waals surface area (Å²) in [5, 5.41) is 4.26. The predicted molar refractivity (Wildman–Crippen MR) is 65.0 cm³/mol. The van der Waals surface area contributed by atoms with Crippen LogP contribution in [0.4, 0.5) is 0 Å². The van der Waals surface area contributed by atoms with Crippen molar-refractivity contribution in [3.05, 3.63) is 0 Å². The highest BCUT2D eigenvalue weighted by Crippen LogP contribution is 2.37. The molecule has 0 aromatic carbocycles. The first kappa shape index (κ1) is 11.4. The normalized spacial score (nSPS) is 32.7. The van der Waals surface area contributed by atoms with Gasteiger partial charge < -0.3 is 5.32 Å². The molecule has 0 saturated heterocycles. The monoisotopic (exact) mass is 273 g/mol. The van der Waals surface area contributed by atoms with Crippen LogP contribution in [-0.4, -0.2) is 17.3 Å². The molecule has 0 aliphatic heterocycles. The zero-order valence-electron chi connectivity index (χ0n) is 9.34. The third kappa shape index (κ3) is 2.74. The van der Waals surface area contributed by atoms with Crippen molar-refractivity contribution in [2.24, 2.45) is 17.8 Å². The van der Waals surface area contributed by atoms with Crippen LogP contribution in [0, 0.1) is 17.8 Å². The number of hydrogen-bond acceptors (Lipinski definition) is 1. The van der Waals surface area contributed by atoms with Gasteiger partial charge in [0, 0.05) is 17.3 Å². The molecule has 0 radical (unpaired) electrons. The van der Waals surface area contributed by atoms with E-state index < -0.39 is 0 Å². The first-order valence-electron chi connectivity index (χ1n) is 6.08. The maximum atomic E-state index is 11.9. The smallest absolute Gasteiger partial charge is 0.223 e. The van der Waals surface area contributed by atoms with Crippen molar-refractivity contribution in [1.82, 2.24) is 5.32 Å². The minimum atomic E-state index is 0.238. The molecule has 2 saturated carbocycles. The molecular formula is C12H20BrNO. The van der Waals surface area contributed by atoms with E-state index in [0.717, 1.165) is 5.33 Å². The zero-order chi connectivity index (χ0) is 10.8. The molecular weight excluding hydrogens is 254 g/mol. The van der Waals surface area contributed by atoms with Gasteiger partial charge in [-0.05, 0) is 37.5 Å². The molecule has 0 heterocycles. The van der Waals surface area contributed by atoms with Crippen molar-refractivity contribution in [1.29, 1.82) is 0 Å². The van der Waals surface area contributed by atoms with Crippen molar-refractivity contribution < 1.29 is 4.79 Å². The molecule has 0 aromatic heterocycles. The first-order valence-corrected chi connectivity index (χ1v) is 7.21. The predicted octanol–water partition coefficient (Wildman–Crippen LogP) is 2.71. The Morgan fingerprint density at radius 2 is 2.13 bits per heavy atom. The van der Waals surface area contributed by atoms with Crippen LogP contribution in [0.25, 0.3) is 0 Å². The van der Waals surface area contributed by atoms with Gasteiger partial charge in [0.1, 0.15) is 0 Å². The summed E-state index contributed by atoms with van der Waals surface area (Å²) in [7, 11) is 0. The molecule has 15 heavy (non-hydrogen) atoms. The third-order valence-electron chi connectivity index (χ3n) is 3.93. The average molecular weight is 274 g/mol. The van der Waals surface area contributed by atoms with Crippen LogP contribution in [0.15, 0.2) is 0 Å². The van der Waals surface area contributed by atoms with Crippen LogP contribution in [0.3, 0.4) is 0 Å². The molecule has 1 amide bonds. The summed E-state index contributed by atoms with van der Waals surface area (Å²) >= 11 is 3.53. The summed E-state index contributed by atoms with van der Waals surface area (Å²) in [5.74, 6) is 1.85. The van der Waals surface area contributed by atoms with Crippen molar-refractivity contribution in [3.63, 3.8) is 0 Å². The van der Waals surface area contributed by atoms with Crippen molar-refractivity contribution >= 4 is 21.8 Å². The van der Waals surface area contributed by atoms with E-state index in [0.29, 0.717) is 17.9 Å². The van der Waals surface area contributed by atoms with E-state index >= 15 is 0 Å². The molecule has 3 atom stereocenters. The fourth-order valence-electron chi connectivity index (χ4n) is 2.54. The van der Waals surface area contributed by atoms with Crippen LogP contribution >= 0.6 is 15.9 Å². The number of nitrogens with one attached hydrogen (secondary N) is 1. The second-order valence-corrected chi connectivity index (χ2v) is 5.73. The Balaban J connectivity index is 1.82. The van der Waals surface area contributed by atoms with Crippen LogP contribution in [0.2, 0.25) is 0 Å². The summed E-state index contributed by atoms with van der Waals surface area (Å²) in [6, 6.07) is 0.429. The maximum absolute atomic E-state index is 11.9. The van der Waals surface area contributed by atoms with Crippen LogP contribution in [0.1, 0.15) is 39.0 Å². The Bertz CT molecular complexity index is 240. The summed E-state index contributed by atoms with van der Waals surface area (Å²) in [4.78, 5) is 11.9. The highest BCUT2D eigenvalue weighted by Gasteiger charge is 2.35. The topological polar surface area (TPSA) is 29.1 Å². The zero-order valence-corrected chi connectivity index (χ0v) is 10.9. The number of hydrogen-bond donors (Lipinski definition) is 1. The Morgan fingerprint density at radius 1 is 1.40 bits per heavy atom. The van der Waals surface area contributed by atoms with Crippen LogP contribution in [0.5, 0.6) is 0 Å². The number of alkyl halides is 1. The fraction of sp³-hybridized carbons (Fsp3) is 0.917. The van der Waals surface area contributed by atoms with Gasteiger partial charge in [0.2, 0.25) is 5.91 Å². The second kappa shape index (κ2) is 4.86. The lowest BCUT2D eigenvalue weighted by Gasteiger charge is -2.21. The van der Waals surface area contributed by atoms with E-state index in [4.69, 9.17) is 0 Å². The van der Waals surface area contributed by atoms with Gasteiger partial charge in [-0.1, -0.05) is 29.3 Å². The Morgan fingerprint density at radius 3 is 2.73 bits per heavy atom. The molecule has 3 heteroatoms. The fourth-order valence-corrected chi connectivity index (χ4v) is 3.31. The minimum Gasteiger partial charge on any atom is -0.353 e. The lowest BCUT2D eigenvalue weighted by molar-refractivity contribution is -0.126. The lowest BCUT2D eigenvalue weighted by Crippen LogP contribution is -2.41. The maximum Gasteiger partial charge on any atom is 0.223 e. The molecule has 2 nitrogen and oxygen atoms in total. The number of carbonyl (C=O) groups is 1. The van der Waals surface area contributed by atoms with Crippen molar-refractivity contribution in [3.8, 4) is 0 Å². The highest BCUT2D eigenvalue weighted by molar-refractivity contribution is 9.09. The second-order valence-electron chi connectivity index (χ2n) is 5.09. The molecule has 2 aliphatic rings. The van der Waals surface area contributed by atoms with E-state index in [1.807, 2.05) is 0 Å².